The van der Waals surface area contributed by atoms with Gasteiger partial charge in [0.25, 0.3) is 0 Å². The van der Waals surface area contributed by atoms with Gasteiger partial charge in [0.15, 0.2) is 11.6 Å². The third-order valence-corrected chi connectivity index (χ3v) is 4.13. The Labute approximate surface area is 142 Å². The van der Waals surface area contributed by atoms with Gasteiger partial charge in [-0.2, -0.15) is 0 Å². The number of carbonyl (C=O) groups excluding carboxylic acids is 1. The third kappa shape index (κ3) is 3.88. The van der Waals surface area contributed by atoms with Gasteiger partial charge in [0.2, 0.25) is 5.91 Å². The van der Waals surface area contributed by atoms with Crippen molar-refractivity contribution in [3.63, 3.8) is 0 Å². The summed E-state index contributed by atoms with van der Waals surface area (Å²) in [6, 6.07) is 7.53. The highest BCUT2D eigenvalue weighted by atomic mass is 16.5. The molecular weight excluding hydrogens is 306 g/mol. The summed E-state index contributed by atoms with van der Waals surface area (Å²) in [6.45, 7) is 1.36. The highest BCUT2D eigenvalue weighted by Crippen LogP contribution is 2.26. The van der Waals surface area contributed by atoms with E-state index in [0.717, 1.165) is 30.3 Å². The lowest BCUT2D eigenvalue weighted by atomic mass is 10.2. The largest absolute Gasteiger partial charge is 0.485 e. The number of aromatic nitrogens is 1. The van der Waals surface area contributed by atoms with Crippen LogP contribution in [-0.2, 0) is 11.2 Å². The van der Waals surface area contributed by atoms with E-state index in [1.807, 2.05) is 48.2 Å². The van der Waals surface area contributed by atoms with E-state index in [4.69, 9.17) is 9.15 Å². The fraction of sp³-hybridized carbons (Fsp3) is 0.444. The lowest BCUT2D eigenvalue weighted by Gasteiger charge is -2.20. The molecule has 0 spiro atoms. The molecule has 1 aliphatic heterocycles. The maximum atomic E-state index is 12.3. The molecule has 2 aromatic heterocycles. The highest BCUT2D eigenvalue weighted by molar-refractivity contribution is 5.76. The van der Waals surface area contributed by atoms with Crippen LogP contribution in [0.2, 0.25) is 0 Å². The van der Waals surface area contributed by atoms with Crippen LogP contribution in [0.3, 0.4) is 0 Å². The zero-order valence-electron chi connectivity index (χ0n) is 14.1. The summed E-state index contributed by atoms with van der Waals surface area (Å²) < 4.78 is 11.4. The van der Waals surface area contributed by atoms with Crippen molar-refractivity contribution in [2.45, 2.75) is 25.4 Å². The lowest BCUT2D eigenvalue weighted by Crippen LogP contribution is -2.31. The van der Waals surface area contributed by atoms with Crippen LogP contribution in [-0.4, -0.2) is 49.1 Å². The van der Waals surface area contributed by atoms with Gasteiger partial charge in [0.05, 0.1) is 12.8 Å². The molecule has 0 unspecified atom stereocenters. The van der Waals surface area contributed by atoms with Crippen molar-refractivity contribution in [2.75, 3.05) is 32.1 Å². The van der Waals surface area contributed by atoms with Gasteiger partial charge in [0.1, 0.15) is 11.9 Å². The molecule has 0 saturated carbocycles. The standard InChI is InChI=1S/C18H23N3O3/c1-20(2)18-16(6-3-10-19-18)24-15-9-11-21(13-15)17(22)8-7-14-5-4-12-23-14/h3-6,10,12,15H,7-9,11,13H2,1-2H3/t15-/m0/s1. The third-order valence-electron chi connectivity index (χ3n) is 4.13. The van der Waals surface area contributed by atoms with E-state index in [9.17, 15) is 4.79 Å². The van der Waals surface area contributed by atoms with Crippen molar-refractivity contribution in [1.82, 2.24) is 9.88 Å². The minimum atomic E-state index is 0.0143. The van der Waals surface area contributed by atoms with Gasteiger partial charge >= 0.3 is 0 Å². The van der Waals surface area contributed by atoms with Crippen LogP contribution >= 0.6 is 0 Å². The number of carbonyl (C=O) groups is 1. The van der Waals surface area contributed by atoms with Gasteiger partial charge in [-0.25, -0.2) is 4.98 Å². The second-order valence-corrected chi connectivity index (χ2v) is 6.17. The summed E-state index contributed by atoms with van der Waals surface area (Å²) >= 11 is 0. The molecule has 2 aromatic rings. The fourth-order valence-corrected chi connectivity index (χ4v) is 2.88. The van der Waals surface area contributed by atoms with Crippen molar-refractivity contribution in [3.8, 4) is 5.75 Å². The minimum Gasteiger partial charge on any atom is -0.485 e. The molecule has 3 rings (SSSR count). The van der Waals surface area contributed by atoms with Crippen LogP contribution in [0.25, 0.3) is 0 Å². The SMILES string of the molecule is CN(C)c1ncccc1O[C@H]1CCN(C(=O)CCc2ccco2)C1. The van der Waals surface area contributed by atoms with Crippen molar-refractivity contribution < 1.29 is 13.9 Å². The van der Waals surface area contributed by atoms with E-state index in [1.165, 1.54) is 0 Å². The molecule has 3 heterocycles. The molecule has 1 amide bonds. The van der Waals surface area contributed by atoms with Gasteiger partial charge in [-0.15, -0.1) is 0 Å². The number of hydrogen-bond donors (Lipinski definition) is 0. The van der Waals surface area contributed by atoms with Crippen molar-refractivity contribution in [3.05, 3.63) is 42.5 Å². The molecule has 1 fully saturated rings. The molecule has 6 nitrogen and oxygen atoms in total. The van der Waals surface area contributed by atoms with Gasteiger partial charge in [-0.05, 0) is 24.3 Å². The predicted octanol–water partition coefficient (Wildman–Crippen LogP) is 2.35. The van der Waals surface area contributed by atoms with Crippen LogP contribution in [0.4, 0.5) is 5.82 Å². The maximum absolute atomic E-state index is 12.3. The first-order valence-corrected chi connectivity index (χ1v) is 8.22. The minimum absolute atomic E-state index is 0.0143. The number of ether oxygens (including phenoxy) is 1. The van der Waals surface area contributed by atoms with Gasteiger partial charge in [-0.1, -0.05) is 0 Å². The van der Waals surface area contributed by atoms with Crippen LogP contribution in [0.1, 0.15) is 18.6 Å². The monoisotopic (exact) mass is 329 g/mol. The van der Waals surface area contributed by atoms with Crippen LogP contribution in [0.15, 0.2) is 41.1 Å². The van der Waals surface area contributed by atoms with Crippen LogP contribution < -0.4 is 9.64 Å². The van der Waals surface area contributed by atoms with Crippen molar-refractivity contribution in [2.24, 2.45) is 0 Å². The number of likely N-dealkylation sites (tertiary alicyclic amines) is 1. The van der Waals surface area contributed by atoms with E-state index in [-0.39, 0.29) is 12.0 Å². The maximum Gasteiger partial charge on any atom is 0.223 e. The number of furan rings is 1. The molecule has 0 aromatic carbocycles. The molecule has 6 heteroatoms. The number of hydrogen-bond acceptors (Lipinski definition) is 5. The molecule has 1 atom stereocenters. The summed E-state index contributed by atoms with van der Waals surface area (Å²) in [5, 5.41) is 0. The van der Waals surface area contributed by atoms with E-state index in [2.05, 4.69) is 4.98 Å². The predicted molar refractivity (Wildman–Crippen MR) is 91.2 cm³/mol. The zero-order chi connectivity index (χ0) is 16.9. The molecule has 1 saturated heterocycles. The Morgan fingerprint density at radius 1 is 1.42 bits per heavy atom. The Morgan fingerprint density at radius 2 is 2.29 bits per heavy atom. The van der Waals surface area contributed by atoms with E-state index < -0.39 is 0 Å². The Hall–Kier alpha value is -2.50. The van der Waals surface area contributed by atoms with Crippen molar-refractivity contribution in [1.29, 1.82) is 0 Å². The van der Waals surface area contributed by atoms with E-state index >= 15 is 0 Å². The Morgan fingerprint density at radius 3 is 3.04 bits per heavy atom. The molecule has 0 radical (unpaired) electrons. The van der Waals surface area contributed by atoms with Gasteiger partial charge in [0, 0.05) is 46.1 Å². The number of nitrogens with zero attached hydrogens (tertiary/aromatic N) is 3. The van der Waals surface area contributed by atoms with E-state index in [0.29, 0.717) is 19.4 Å². The molecular formula is C18H23N3O3. The van der Waals surface area contributed by atoms with E-state index in [1.54, 1.807) is 12.5 Å². The normalized spacial score (nSPS) is 17.1. The van der Waals surface area contributed by atoms with Crippen LogP contribution in [0.5, 0.6) is 5.75 Å². The summed E-state index contributed by atoms with van der Waals surface area (Å²) in [5.74, 6) is 2.57. The summed E-state index contributed by atoms with van der Waals surface area (Å²) in [6.07, 6.45) is 5.35. The molecule has 0 aliphatic carbocycles. The second-order valence-electron chi connectivity index (χ2n) is 6.17. The molecule has 0 N–H and O–H groups in total. The molecule has 128 valence electrons. The highest BCUT2D eigenvalue weighted by Gasteiger charge is 2.28. The first-order valence-electron chi connectivity index (χ1n) is 8.22. The Kier molecular flexibility index (Phi) is 5.03. The Bertz CT molecular complexity index is 670. The number of aryl methyl sites for hydroxylation is 1. The van der Waals surface area contributed by atoms with Gasteiger partial charge in [-0.3, -0.25) is 4.79 Å². The topological polar surface area (TPSA) is 58.8 Å². The number of amides is 1. The quantitative estimate of drug-likeness (QED) is 0.814. The second kappa shape index (κ2) is 7.38. The smallest absolute Gasteiger partial charge is 0.223 e. The molecule has 0 bridgehead atoms. The number of rotatable bonds is 6. The zero-order valence-corrected chi connectivity index (χ0v) is 14.1. The van der Waals surface area contributed by atoms with Crippen LogP contribution in [0, 0.1) is 0 Å². The summed E-state index contributed by atoms with van der Waals surface area (Å²) in [7, 11) is 3.88. The fourth-order valence-electron chi connectivity index (χ4n) is 2.88. The molecule has 24 heavy (non-hydrogen) atoms. The summed E-state index contributed by atoms with van der Waals surface area (Å²) in [4.78, 5) is 20.5. The number of pyridine rings is 1. The molecule has 1 aliphatic rings. The van der Waals surface area contributed by atoms with Crippen molar-refractivity contribution >= 4 is 11.7 Å². The number of anilines is 1. The first-order chi connectivity index (χ1) is 11.6. The summed E-state index contributed by atoms with van der Waals surface area (Å²) in [5.41, 5.74) is 0. The van der Waals surface area contributed by atoms with Gasteiger partial charge < -0.3 is 19.0 Å². The lowest BCUT2D eigenvalue weighted by molar-refractivity contribution is -0.130. The average Bonchev–Trinajstić information content (AvgIpc) is 3.24. The Balaban J connectivity index is 1.53. The average molecular weight is 329 g/mol. The first kappa shape index (κ1) is 16.4.